The zero-order valence-corrected chi connectivity index (χ0v) is 17.5. The molecule has 0 aliphatic carbocycles. The van der Waals surface area contributed by atoms with E-state index in [0.717, 1.165) is 4.57 Å². The van der Waals surface area contributed by atoms with Gasteiger partial charge >= 0.3 is 5.69 Å². The Kier molecular flexibility index (Phi) is 5.34. The molecule has 0 bridgehead atoms. The third-order valence-electron chi connectivity index (χ3n) is 5.25. The third-order valence-corrected chi connectivity index (χ3v) is 5.25. The van der Waals surface area contributed by atoms with Gasteiger partial charge in [-0.1, -0.05) is 5.16 Å². The maximum absolute atomic E-state index is 12.5. The second kappa shape index (κ2) is 8.13. The molecule has 0 radical (unpaired) electrons. The number of aromatic nitrogens is 4. The van der Waals surface area contributed by atoms with Crippen LogP contribution in [0.3, 0.4) is 0 Å². The van der Waals surface area contributed by atoms with Crippen molar-refractivity contribution in [1.29, 1.82) is 0 Å². The summed E-state index contributed by atoms with van der Waals surface area (Å²) in [6.07, 6.45) is -0.272. The van der Waals surface area contributed by atoms with Gasteiger partial charge in [0.2, 0.25) is 23.5 Å². The van der Waals surface area contributed by atoms with Gasteiger partial charge in [0.25, 0.3) is 5.56 Å². The fraction of sp³-hybridized carbons (Fsp3) is 0.300. The number of nitrogens with zero attached hydrogens (tertiary/aromatic N) is 4. The zero-order chi connectivity index (χ0) is 23.0. The lowest BCUT2D eigenvalue weighted by molar-refractivity contribution is -0.125. The van der Waals surface area contributed by atoms with Crippen LogP contribution in [0.5, 0.6) is 5.75 Å². The largest absolute Gasteiger partial charge is 0.497 e. The molecular formula is C20H20N6O6. The van der Waals surface area contributed by atoms with Gasteiger partial charge in [-0.2, -0.15) is 4.98 Å². The first-order valence-corrected chi connectivity index (χ1v) is 9.64. The number of ether oxygens (including phenoxy) is 1. The van der Waals surface area contributed by atoms with Gasteiger partial charge in [0.05, 0.1) is 25.1 Å². The van der Waals surface area contributed by atoms with Crippen LogP contribution >= 0.6 is 0 Å². The number of anilines is 1. The number of carbonyl (C=O) groups excluding carboxylic acids is 2. The average Bonchev–Trinajstić information content (AvgIpc) is 3.40. The molecule has 0 spiro atoms. The Morgan fingerprint density at radius 2 is 1.91 bits per heavy atom. The maximum Gasteiger partial charge on any atom is 0.332 e. The van der Waals surface area contributed by atoms with E-state index in [9.17, 15) is 19.2 Å². The van der Waals surface area contributed by atoms with E-state index in [-0.39, 0.29) is 30.2 Å². The van der Waals surface area contributed by atoms with Gasteiger partial charge in [0.15, 0.2) is 0 Å². The molecule has 2 amide bonds. The predicted octanol–water partition coefficient (Wildman–Crippen LogP) is -0.115. The second-order valence-corrected chi connectivity index (χ2v) is 7.23. The van der Waals surface area contributed by atoms with Crippen LogP contribution in [0.15, 0.2) is 38.4 Å². The van der Waals surface area contributed by atoms with Crippen molar-refractivity contribution in [3.8, 4) is 17.1 Å². The van der Waals surface area contributed by atoms with Crippen molar-refractivity contribution in [3.63, 3.8) is 0 Å². The summed E-state index contributed by atoms with van der Waals surface area (Å²) in [6.45, 7) is -0.0472. The summed E-state index contributed by atoms with van der Waals surface area (Å²) in [6, 6.07) is 7.07. The van der Waals surface area contributed by atoms with Crippen molar-refractivity contribution in [2.75, 3.05) is 12.4 Å². The first kappa shape index (κ1) is 21.0. The predicted molar refractivity (Wildman–Crippen MR) is 111 cm³/mol. The van der Waals surface area contributed by atoms with E-state index in [4.69, 9.17) is 9.26 Å². The molecule has 0 unspecified atom stereocenters. The Labute approximate surface area is 180 Å². The molecular weight excluding hydrogens is 420 g/mol. The van der Waals surface area contributed by atoms with E-state index >= 15 is 0 Å². The van der Waals surface area contributed by atoms with Gasteiger partial charge in [-0.3, -0.25) is 23.5 Å². The number of nitrogens with one attached hydrogen (secondary N) is 2. The first-order chi connectivity index (χ1) is 15.3. The van der Waals surface area contributed by atoms with E-state index in [1.165, 1.54) is 18.7 Å². The summed E-state index contributed by atoms with van der Waals surface area (Å²) in [7, 11) is 4.33. The molecule has 2 N–H and O–H groups in total. The van der Waals surface area contributed by atoms with E-state index in [0.29, 0.717) is 17.1 Å². The van der Waals surface area contributed by atoms with Crippen LogP contribution in [0, 0.1) is 0 Å². The molecule has 3 heterocycles. The fourth-order valence-corrected chi connectivity index (χ4v) is 3.48. The van der Waals surface area contributed by atoms with Gasteiger partial charge in [-0.05, 0) is 24.3 Å². The van der Waals surface area contributed by atoms with Crippen LogP contribution in [-0.4, -0.2) is 38.2 Å². The summed E-state index contributed by atoms with van der Waals surface area (Å²) >= 11 is 0. The molecule has 166 valence electrons. The van der Waals surface area contributed by atoms with Crippen molar-refractivity contribution in [3.05, 3.63) is 56.6 Å². The molecule has 12 heteroatoms. The van der Waals surface area contributed by atoms with Crippen LogP contribution in [-0.2, 0) is 30.2 Å². The summed E-state index contributed by atoms with van der Waals surface area (Å²) in [5, 5.41) is 9.01. The summed E-state index contributed by atoms with van der Waals surface area (Å²) < 4.78 is 12.3. The average molecular weight is 440 g/mol. The van der Waals surface area contributed by atoms with Gasteiger partial charge < -0.3 is 19.9 Å². The lowest BCUT2D eigenvalue weighted by atomic mass is 9.99. The highest BCUT2D eigenvalue weighted by molar-refractivity contribution is 6.03. The number of hydrogen-bond acceptors (Lipinski definition) is 8. The monoisotopic (exact) mass is 440 g/mol. The Morgan fingerprint density at radius 1 is 1.19 bits per heavy atom. The van der Waals surface area contributed by atoms with Gasteiger partial charge in [0.1, 0.15) is 11.6 Å². The first-order valence-electron chi connectivity index (χ1n) is 9.64. The number of methoxy groups -OCH3 is 1. The molecule has 1 aliphatic rings. The van der Waals surface area contributed by atoms with Gasteiger partial charge in [0, 0.05) is 26.1 Å². The number of benzene rings is 1. The summed E-state index contributed by atoms with van der Waals surface area (Å²) in [4.78, 5) is 53.6. The molecule has 12 nitrogen and oxygen atoms in total. The van der Waals surface area contributed by atoms with E-state index in [1.54, 1.807) is 31.4 Å². The molecule has 2 aromatic heterocycles. The Morgan fingerprint density at radius 3 is 2.59 bits per heavy atom. The van der Waals surface area contributed by atoms with Crippen molar-refractivity contribution in [2.24, 2.45) is 14.1 Å². The Balaban J connectivity index is 1.44. The fourth-order valence-electron chi connectivity index (χ4n) is 3.48. The highest BCUT2D eigenvalue weighted by Gasteiger charge is 2.37. The smallest absolute Gasteiger partial charge is 0.332 e. The lowest BCUT2D eigenvalue weighted by Gasteiger charge is -2.10. The molecule has 1 aromatic carbocycles. The molecule has 1 atom stereocenters. The number of amides is 2. The van der Waals surface area contributed by atoms with E-state index < -0.39 is 29.0 Å². The Hall–Kier alpha value is -4.22. The highest BCUT2D eigenvalue weighted by Crippen LogP contribution is 2.30. The molecule has 4 rings (SSSR count). The SMILES string of the molecule is COc1ccc(-c2noc(CNC(=O)C[C@H]3C(=O)Nc4c3c(=O)n(C)c(=O)n4C)n2)cc1. The summed E-state index contributed by atoms with van der Waals surface area (Å²) in [5.41, 5.74) is -0.370. The Bertz CT molecular complexity index is 1320. The normalized spacial score (nSPS) is 14.7. The minimum atomic E-state index is -1.01. The maximum atomic E-state index is 12.5. The molecule has 1 aliphatic heterocycles. The highest BCUT2D eigenvalue weighted by atomic mass is 16.5. The number of fused-ring (bicyclic) bond motifs is 1. The molecule has 32 heavy (non-hydrogen) atoms. The van der Waals surface area contributed by atoms with Crippen LogP contribution in [0.1, 0.15) is 23.8 Å². The third kappa shape index (κ3) is 3.66. The quantitative estimate of drug-likeness (QED) is 0.539. The van der Waals surface area contributed by atoms with Gasteiger partial charge in [-0.15, -0.1) is 0 Å². The van der Waals surface area contributed by atoms with Crippen molar-refractivity contribution in [1.82, 2.24) is 24.6 Å². The van der Waals surface area contributed by atoms with Crippen LogP contribution < -0.4 is 26.6 Å². The molecule has 3 aromatic rings. The van der Waals surface area contributed by atoms with Crippen LogP contribution in [0.25, 0.3) is 11.4 Å². The molecule has 0 saturated heterocycles. The topological polar surface area (TPSA) is 150 Å². The molecule has 0 fully saturated rings. The zero-order valence-electron chi connectivity index (χ0n) is 17.5. The lowest BCUT2D eigenvalue weighted by Crippen LogP contribution is -2.39. The van der Waals surface area contributed by atoms with Gasteiger partial charge in [-0.25, -0.2) is 4.79 Å². The van der Waals surface area contributed by atoms with Crippen molar-refractivity contribution >= 4 is 17.6 Å². The van der Waals surface area contributed by atoms with Crippen LogP contribution in [0.4, 0.5) is 5.82 Å². The van der Waals surface area contributed by atoms with E-state index in [1.807, 2.05) is 0 Å². The van der Waals surface area contributed by atoms with Crippen molar-refractivity contribution < 1.29 is 18.8 Å². The number of rotatable bonds is 6. The minimum absolute atomic E-state index is 0.0472. The second-order valence-electron chi connectivity index (χ2n) is 7.23. The van der Waals surface area contributed by atoms with Crippen LogP contribution in [0.2, 0.25) is 0 Å². The number of hydrogen-bond donors (Lipinski definition) is 2. The molecule has 0 saturated carbocycles. The van der Waals surface area contributed by atoms with Crippen molar-refractivity contribution in [2.45, 2.75) is 18.9 Å². The number of carbonyl (C=O) groups is 2. The summed E-state index contributed by atoms with van der Waals surface area (Å²) in [5.74, 6) is -0.678. The standard InChI is InChI=1S/C20H20N6O6/c1-25-17-15(19(29)26(2)20(25)30)12(18(28)23-17)8-13(27)21-9-14-22-16(24-32-14)10-4-6-11(31-3)7-5-10/h4-7,12H,8-9H2,1-3H3,(H,21,27)(H,23,28)/t12-/m1/s1. The van der Waals surface area contributed by atoms with E-state index in [2.05, 4.69) is 20.8 Å². The minimum Gasteiger partial charge on any atom is -0.497 e.